The van der Waals surface area contributed by atoms with Gasteiger partial charge in [-0.15, -0.1) is 0 Å². The van der Waals surface area contributed by atoms with Gasteiger partial charge < -0.3 is 9.98 Å². The second-order valence-electron chi connectivity index (χ2n) is 3.20. The maximum absolute atomic E-state index is 12.8. The predicted molar refractivity (Wildman–Crippen MR) is 56.4 cm³/mol. The van der Waals surface area contributed by atoms with Crippen LogP contribution in [-0.2, 0) is 6.42 Å². The van der Waals surface area contributed by atoms with Crippen LogP contribution in [0.15, 0.2) is 29.4 Å². The standard InChI is InChI=1S/C11H11FN2/c1-13-5-4-8-7-14-11-6-9(12)2-3-10(8)11/h2-3,6-7,14H,1,4-5H2. The van der Waals surface area contributed by atoms with Crippen LogP contribution in [0.1, 0.15) is 5.56 Å². The predicted octanol–water partition coefficient (Wildman–Crippen LogP) is 2.55. The van der Waals surface area contributed by atoms with Gasteiger partial charge in [0.25, 0.3) is 0 Å². The Bertz CT molecular complexity index is 459. The molecule has 2 nitrogen and oxygen atoms in total. The number of H-pyrrole nitrogens is 1. The van der Waals surface area contributed by atoms with E-state index in [0.717, 1.165) is 22.9 Å². The highest BCUT2D eigenvalue weighted by molar-refractivity contribution is 5.83. The third-order valence-electron chi connectivity index (χ3n) is 2.27. The number of rotatable bonds is 3. The number of hydrogen-bond donors (Lipinski definition) is 1. The quantitative estimate of drug-likeness (QED) is 0.720. The van der Waals surface area contributed by atoms with Crippen molar-refractivity contribution in [2.75, 3.05) is 6.54 Å². The normalized spacial score (nSPS) is 10.6. The second-order valence-corrected chi connectivity index (χ2v) is 3.20. The highest BCUT2D eigenvalue weighted by atomic mass is 19.1. The average molecular weight is 190 g/mol. The molecule has 0 radical (unpaired) electrons. The van der Waals surface area contributed by atoms with E-state index in [-0.39, 0.29) is 5.82 Å². The highest BCUT2D eigenvalue weighted by Gasteiger charge is 2.03. The Morgan fingerprint density at radius 3 is 3.07 bits per heavy atom. The molecule has 0 aliphatic heterocycles. The van der Waals surface area contributed by atoms with Gasteiger partial charge in [-0.25, -0.2) is 4.39 Å². The highest BCUT2D eigenvalue weighted by Crippen LogP contribution is 2.19. The Morgan fingerprint density at radius 1 is 1.43 bits per heavy atom. The fourth-order valence-corrected chi connectivity index (χ4v) is 1.56. The van der Waals surface area contributed by atoms with E-state index in [9.17, 15) is 4.39 Å². The Balaban J connectivity index is 2.42. The van der Waals surface area contributed by atoms with Crippen molar-refractivity contribution >= 4 is 17.6 Å². The lowest BCUT2D eigenvalue weighted by Crippen LogP contribution is -1.86. The van der Waals surface area contributed by atoms with Crippen molar-refractivity contribution in [2.45, 2.75) is 6.42 Å². The average Bonchev–Trinajstić information content (AvgIpc) is 2.57. The first-order valence-corrected chi connectivity index (χ1v) is 4.49. The minimum Gasteiger partial charge on any atom is -0.361 e. The van der Waals surface area contributed by atoms with Crippen LogP contribution in [0.5, 0.6) is 0 Å². The minimum absolute atomic E-state index is 0.215. The largest absolute Gasteiger partial charge is 0.361 e. The summed E-state index contributed by atoms with van der Waals surface area (Å²) in [6.45, 7) is 4.13. The van der Waals surface area contributed by atoms with Gasteiger partial charge >= 0.3 is 0 Å². The third kappa shape index (κ3) is 1.53. The molecule has 0 saturated carbocycles. The molecule has 0 aliphatic carbocycles. The summed E-state index contributed by atoms with van der Waals surface area (Å²) in [7, 11) is 0. The van der Waals surface area contributed by atoms with Crippen LogP contribution in [0.4, 0.5) is 4.39 Å². The van der Waals surface area contributed by atoms with Crippen LogP contribution < -0.4 is 0 Å². The van der Waals surface area contributed by atoms with Crippen LogP contribution in [0.2, 0.25) is 0 Å². The molecule has 1 heterocycles. The molecule has 0 bridgehead atoms. The van der Waals surface area contributed by atoms with Gasteiger partial charge in [-0.3, -0.25) is 0 Å². The zero-order valence-corrected chi connectivity index (χ0v) is 7.76. The van der Waals surface area contributed by atoms with Crippen molar-refractivity contribution in [1.82, 2.24) is 4.98 Å². The molecule has 2 aromatic rings. The number of halogens is 1. The summed E-state index contributed by atoms with van der Waals surface area (Å²) in [4.78, 5) is 6.83. The Morgan fingerprint density at radius 2 is 2.29 bits per heavy atom. The molecule has 1 N–H and O–H groups in total. The molecule has 0 amide bonds. The molecule has 1 aromatic heterocycles. The van der Waals surface area contributed by atoms with E-state index in [1.807, 2.05) is 6.20 Å². The number of hydrogen-bond acceptors (Lipinski definition) is 1. The van der Waals surface area contributed by atoms with Gasteiger partial charge in [0.1, 0.15) is 5.82 Å². The maximum atomic E-state index is 12.8. The summed E-state index contributed by atoms with van der Waals surface area (Å²) >= 11 is 0. The fourth-order valence-electron chi connectivity index (χ4n) is 1.56. The van der Waals surface area contributed by atoms with E-state index >= 15 is 0 Å². The van der Waals surface area contributed by atoms with Crippen molar-refractivity contribution in [2.24, 2.45) is 4.99 Å². The molecule has 2 rings (SSSR count). The molecular formula is C11H11FN2. The Hall–Kier alpha value is -1.64. The number of aliphatic imine (C=N–C) groups is 1. The molecule has 14 heavy (non-hydrogen) atoms. The summed E-state index contributed by atoms with van der Waals surface area (Å²) in [6, 6.07) is 4.76. The van der Waals surface area contributed by atoms with Crippen LogP contribution in [0.3, 0.4) is 0 Å². The van der Waals surface area contributed by atoms with Gasteiger partial charge in [0.15, 0.2) is 0 Å². The fraction of sp³-hybridized carbons (Fsp3) is 0.182. The van der Waals surface area contributed by atoms with Gasteiger partial charge in [-0.1, -0.05) is 0 Å². The van der Waals surface area contributed by atoms with Crippen LogP contribution in [0, 0.1) is 5.82 Å². The van der Waals surface area contributed by atoms with Gasteiger partial charge in [-0.05, 0) is 36.9 Å². The van der Waals surface area contributed by atoms with Gasteiger partial charge in [0, 0.05) is 23.6 Å². The number of nitrogens with one attached hydrogen (secondary N) is 1. The van der Waals surface area contributed by atoms with Crippen molar-refractivity contribution in [1.29, 1.82) is 0 Å². The van der Waals surface area contributed by atoms with Crippen molar-refractivity contribution in [3.8, 4) is 0 Å². The van der Waals surface area contributed by atoms with Gasteiger partial charge in [0.2, 0.25) is 0 Å². The molecule has 72 valence electrons. The molecule has 0 fully saturated rings. The second kappa shape index (κ2) is 3.62. The maximum Gasteiger partial charge on any atom is 0.125 e. The van der Waals surface area contributed by atoms with Gasteiger partial charge in [0.05, 0.1) is 0 Å². The monoisotopic (exact) mass is 190 g/mol. The zero-order valence-electron chi connectivity index (χ0n) is 7.76. The van der Waals surface area contributed by atoms with E-state index in [1.54, 1.807) is 6.07 Å². The lowest BCUT2D eigenvalue weighted by Gasteiger charge is -1.95. The van der Waals surface area contributed by atoms with Crippen LogP contribution in [-0.4, -0.2) is 18.2 Å². The summed E-state index contributed by atoms with van der Waals surface area (Å²) in [5.41, 5.74) is 2.00. The SMILES string of the molecule is C=NCCc1c[nH]c2cc(F)ccc12. The smallest absolute Gasteiger partial charge is 0.125 e. The van der Waals surface area contributed by atoms with Gasteiger partial charge in [-0.2, -0.15) is 0 Å². The molecule has 0 atom stereocenters. The van der Waals surface area contributed by atoms with Crippen LogP contribution >= 0.6 is 0 Å². The summed E-state index contributed by atoms with van der Waals surface area (Å²) in [6.07, 6.45) is 2.74. The van der Waals surface area contributed by atoms with Crippen LogP contribution in [0.25, 0.3) is 10.9 Å². The Kier molecular flexibility index (Phi) is 2.31. The van der Waals surface area contributed by atoms with Crippen molar-refractivity contribution in [3.05, 3.63) is 35.8 Å². The molecule has 0 spiro atoms. The first-order valence-electron chi connectivity index (χ1n) is 4.49. The first kappa shape index (κ1) is 8.94. The minimum atomic E-state index is -0.215. The number of fused-ring (bicyclic) bond motifs is 1. The lowest BCUT2D eigenvalue weighted by atomic mass is 10.1. The Labute approximate surface area is 81.5 Å². The van der Waals surface area contributed by atoms with E-state index < -0.39 is 0 Å². The number of nitrogens with zero attached hydrogens (tertiary/aromatic N) is 1. The number of benzene rings is 1. The lowest BCUT2D eigenvalue weighted by molar-refractivity contribution is 0.629. The first-order chi connectivity index (χ1) is 6.81. The molecule has 0 saturated heterocycles. The number of aromatic amines is 1. The summed E-state index contributed by atoms with van der Waals surface area (Å²) in [5.74, 6) is -0.215. The van der Waals surface area contributed by atoms with E-state index in [0.29, 0.717) is 6.54 Å². The molecular weight excluding hydrogens is 179 g/mol. The summed E-state index contributed by atoms with van der Waals surface area (Å²) in [5, 5.41) is 1.06. The van der Waals surface area contributed by atoms with E-state index in [1.165, 1.54) is 12.1 Å². The van der Waals surface area contributed by atoms with Crippen molar-refractivity contribution in [3.63, 3.8) is 0 Å². The summed E-state index contributed by atoms with van der Waals surface area (Å²) < 4.78 is 12.8. The van der Waals surface area contributed by atoms with Crippen molar-refractivity contribution < 1.29 is 4.39 Å². The number of aromatic nitrogens is 1. The van der Waals surface area contributed by atoms with E-state index in [4.69, 9.17) is 0 Å². The molecule has 3 heteroatoms. The molecule has 0 unspecified atom stereocenters. The third-order valence-corrected chi connectivity index (χ3v) is 2.27. The topological polar surface area (TPSA) is 28.1 Å². The molecule has 0 aliphatic rings. The molecule has 1 aromatic carbocycles. The zero-order chi connectivity index (χ0) is 9.97. The van der Waals surface area contributed by atoms with E-state index in [2.05, 4.69) is 16.7 Å².